The fourth-order valence-corrected chi connectivity index (χ4v) is 1.79. The van der Waals surface area contributed by atoms with E-state index in [9.17, 15) is 26.3 Å². The number of nitrogens with zero attached hydrogens (tertiary/aromatic N) is 1. The average Bonchev–Trinajstić information content (AvgIpc) is 2.63. The summed E-state index contributed by atoms with van der Waals surface area (Å²) in [5, 5.41) is 2.20. The molecule has 114 valence electrons. The number of hydrogen-bond donors (Lipinski definition) is 1. The molecule has 0 aliphatic carbocycles. The molecule has 8 heteroatoms. The summed E-state index contributed by atoms with van der Waals surface area (Å²) in [6.45, 7) is 0.113. The van der Waals surface area contributed by atoms with Gasteiger partial charge in [-0.2, -0.15) is 26.3 Å². The van der Waals surface area contributed by atoms with Gasteiger partial charge in [0.1, 0.15) is 5.70 Å². The first-order valence-electron chi connectivity index (χ1n) is 5.93. The van der Waals surface area contributed by atoms with Gasteiger partial charge in [-0.05, 0) is 23.8 Å². The number of halogens is 6. The molecular weight excluding hydrogens is 298 g/mol. The molecule has 0 bridgehead atoms. The minimum absolute atomic E-state index is 0.000972. The maximum Gasteiger partial charge on any atom is 0.430 e. The van der Waals surface area contributed by atoms with Crippen LogP contribution in [0.4, 0.5) is 26.3 Å². The standard InChI is InChI=1S/C13H10F6N2/c14-12(15,16)9-3-1-8(2-4-9)10-7-11(13(17,18)19)21-6-5-20-10/h1-4,7,21H,5-6H2. The van der Waals surface area contributed by atoms with Crippen LogP contribution in [0, 0.1) is 0 Å². The fourth-order valence-electron chi connectivity index (χ4n) is 1.79. The molecule has 0 spiro atoms. The highest BCUT2D eigenvalue weighted by Crippen LogP contribution is 2.29. The number of hydrogen-bond acceptors (Lipinski definition) is 2. The molecular formula is C13H10F6N2. The maximum absolute atomic E-state index is 12.7. The molecule has 2 rings (SSSR count). The summed E-state index contributed by atoms with van der Waals surface area (Å²) in [6, 6.07) is 3.85. The molecule has 0 atom stereocenters. The zero-order valence-electron chi connectivity index (χ0n) is 10.5. The second-order valence-electron chi connectivity index (χ2n) is 4.32. The van der Waals surface area contributed by atoms with Crippen LogP contribution in [0.15, 0.2) is 41.0 Å². The predicted octanol–water partition coefficient (Wildman–Crippen LogP) is 3.54. The van der Waals surface area contributed by atoms with Crippen LogP contribution < -0.4 is 5.32 Å². The van der Waals surface area contributed by atoms with Crippen molar-refractivity contribution in [1.29, 1.82) is 0 Å². The molecule has 1 aromatic carbocycles. The molecule has 0 radical (unpaired) electrons. The van der Waals surface area contributed by atoms with Crippen molar-refractivity contribution in [1.82, 2.24) is 5.32 Å². The van der Waals surface area contributed by atoms with Crippen molar-refractivity contribution < 1.29 is 26.3 Å². The molecule has 0 saturated heterocycles. The highest BCUT2D eigenvalue weighted by Gasteiger charge is 2.35. The first kappa shape index (κ1) is 15.4. The van der Waals surface area contributed by atoms with Crippen LogP contribution in [-0.2, 0) is 6.18 Å². The minimum Gasteiger partial charge on any atom is -0.379 e. The van der Waals surface area contributed by atoms with E-state index in [0.29, 0.717) is 0 Å². The summed E-state index contributed by atoms with van der Waals surface area (Å²) in [6.07, 6.45) is -8.25. The number of allylic oxidation sites excluding steroid dienone is 2. The van der Waals surface area contributed by atoms with E-state index >= 15 is 0 Å². The predicted molar refractivity (Wildman–Crippen MR) is 65.0 cm³/mol. The zero-order valence-corrected chi connectivity index (χ0v) is 10.5. The summed E-state index contributed by atoms with van der Waals surface area (Å²) in [7, 11) is 0. The molecule has 0 saturated carbocycles. The van der Waals surface area contributed by atoms with Crippen molar-refractivity contribution >= 4 is 5.71 Å². The normalized spacial score (nSPS) is 16.7. The van der Waals surface area contributed by atoms with E-state index in [4.69, 9.17) is 0 Å². The van der Waals surface area contributed by atoms with Crippen LogP contribution >= 0.6 is 0 Å². The molecule has 1 aliphatic rings. The van der Waals surface area contributed by atoms with Gasteiger partial charge >= 0.3 is 12.4 Å². The van der Waals surface area contributed by atoms with Crippen LogP contribution in [0.5, 0.6) is 0 Å². The Morgan fingerprint density at radius 2 is 1.52 bits per heavy atom. The molecule has 0 fully saturated rings. The lowest BCUT2D eigenvalue weighted by atomic mass is 10.1. The van der Waals surface area contributed by atoms with Crippen LogP contribution in [0.25, 0.3) is 0 Å². The van der Waals surface area contributed by atoms with Gasteiger partial charge in [0, 0.05) is 6.54 Å². The molecule has 2 nitrogen and oxygen atoms in total. The number of benzene rings is 1. The van der Waals surface area contributed by atoms with E-state index < -0.39 is 23.6 Å². The third-order valence-electron chi connectivity index (χ3n) is 2.80. The summed E-state index contributed by atoms with van der Waals surface area (Å²) < 4.78 is 75.4. The monoisotopic (exact) mass is 308 g/mol. The van der Waals surface area contributed by atoms with Crippen molar-refractivity contribution in [3.8, 4) is 0 Å². The van der Waals surface area contributed by atoms with E-state index in [1.54, 1.807) is 0 Å². The van der Waals surface area contributed by atoms with Crippen LogP contribution in [0.1, 0.15) is 11.1 Å². The summed E-state index contributed by atoms with van der Waals surface area (Å²) in [5.74, 6) is 0. The molecule has 1 aromatic rings. The first-order valence-corrected chi connectivity index (χ1v) is 5.93. The van der Waals surface area contributed by atoms with Crippen LogP contribution in [0.2, 0.25) is 0 Å². The average molecular weight is 308 g/mol. The van der Waals surface area contributed by atoms with Gasteiger partial charge in [0.25, 0.3) is 0 Å². The quantitative estimate of drug-likeness (QED) is 0.788. The second kappa shape index (κ2) is 5.42. The van der Waals surface area contributed by atoms with E-state index in [0.717, 1.165) is 30.3 Å². The molecule has 21 heavy (non-hydrogen) atoms. The Hall–Kier alpha value is -1.99. The van der Waals surface area contributed by atoms with Gasteiger partial charge < -0.3 is 5.32 Å². The largest absolute Gasteiger partial charge is 0.430 e. The molecule has 1 N–H and O–H groups in total. The van der Waals surface area contributed by atoms with E-state index in [2.05, 4.69) is 10.3 Å². The molecule has 1 heterocycles. The Kier molecular flexibility index (Phi) is 3.97. The highest BCUT2D eigenvalue weighted by atomic mass is 19.4. The third kappa shape index (κ3) is 3.77. The van der Waals surface area contributed by atoms with Gasteiger partial charge in [0.05, 0.1) is 17.8 Å². The first-order chi connectivity index (χ1) is 9.68. The lowest BCUT2D eigenvalue weighted by Gasteiger charge is -2.12. The number of aliphatic imine (C=N–C) groups is 1. The fraction of sp³-hybridized carbons (Fsp3) is 0.308. The van der Waals surface area contributed by atoms with Gasteiger partial charge in [-0.1, -0.05) is 12.1 Å². The van der Waals surface area contributed by atoms with E-state index in [1.165, 1.54) is 0 Å². The molecule has 0 aromatic heterocycles. The van der Waals surface area contributed by atoms with Crippen molar-refractivity contribution in [2.75, 3.05) is 13.1 Å². The van der Waals surface area contributed by atoms with Gasteiger partial charge in [-0.15, -0.1) is 0 Å². The minimum atomic E-state index is -4.56. The Bertz CT molecular complexity index is 566. The smallest absolute Gasteiger partial charge is 0.379 e. The van der Waals surface area contributed by atoms with Crippen molar-refractivity contribution in [3.05, 3.63) is 47.2 Å². The Labute approximate surface area is 116 Å². The van der Waals surface area contributed by atoms with Crippen molar-refractivity contribution in [3.63, 3.8) is 0 Å². The Balaban J connectivity index is 2.34. The lowest BCUT2D eigenvalue weighted by Crippen LogP contribution is -2.27. The number of nitrogens with one attached hydrogen (secondary N) is 1. The van der Waals surface area contributed by atoms with Crippen LogP contribution in [0.3, 0.4) is 0 Å². The lowest BCUT2D eigenvalue weighted by molar-refractivity contribution is -0.137. The third-order valence-corrected chi connectivity index (χ3v) is 2.80. The van der Waals surface area contributed by atoms with E-state index in [1.807, 2.05) is 0 Å². The molecule has 0 unspecified atom stereocenters. The second-order valence-corrected chi connectivity index (χ2v) is 4.32. The number of rotatable bonds is 1. The van der Waals surface area contributed by atoms with Gasteiger partial charge in [0.2, 0.25) is 0 Å². The maximum atomic E-state index is 12.7. The summed E-state index contributed by atoms with van der Waals surface area (Å²) in [5.41, 5.74) is -1.62. The Morgan fingerprint density at radius 3 is 2.05 bits per heavy atom. The molecule has 1 aliphatic heterocycles. The summed E-state index contributed by atoms with van der Waals surface area (Å²) in [4.78, 5) is 3.95. The zero-order chi connectivity index (χ0) is 15.7. The van der Waals surface area contributed by atoms with E-state index in [-0.39, 0.29) is 24.4 Å². The highest BCUT2D eigenvalue weighted by molar-refractivity contribution is 6.09. The topological polar surface area (TPSA) is 24.4 Å². The van der Waals surface area contributed by atoms with Gasteiger partial charge in [0.15, 0.2) is 0 Å². The SMILES string of the molecule is FC(F)(F)C1=CC(c2ccc(C(F)(F)F)cc2)=NCCN1. The van der Waals surface area contributed by atoms with Crippen molar-refractivity contribution in [2.45, 2.75) is 12.4 Å². The van der Waals surface area contributed by atoms with Crippen LogP contribution in [-0.4, -0.2) is 25.0 Å². The Morgan fingerprint density at radius 1 is 0.905 bits per heavy atom. The van der Waals surface area contributed by atoms with Gasteiger partial charge in [-0.3, -0.25) is 4.99 Å². The summed E-state index contributed by atoms with van der Waals surface area (Å²) >= 11 is 0. The van der Waals surface area contributed by atoms with Gasteiger partial charge in [-0.25, -0.2) is 0 Å². The number of alkyl halides is 6. The van der Waals surface area contributed by atoms with Crippen molar-refractivity contribution in [2.24, 2.45) is 4.99 Å². The molecule has 0 amide bonds.